The zero-order valence-corrected chi connectivity index (χ0v) is 17.9. The molecular formula is C25H30F3NO. The lowest BCUT2D eigenvalue weighted by atomic mass is 9.88. The molecule has 2 nitrogen and oxygen atoms in total. The average molecular weight is 418 g/mol. The molecule has 0 spiro atoms. The molecule has 0 radical (unpaired) electrons. The molecule has 2 rings (SSSR count). The highest BCUT2D eigenvalue weighted by Crippen LogP contribution is 2.35. The number of nitrogens with one attached hydrogen (secondary N) is 1. The van der Waals surface area contributed by atoms with Gasteiger partial charge in [-0.05, 0) is 75.3 Å². The maximum atomic E-state index is 13.3. The molecule has 30 heavy (non-hydrogen) atoms. The number of allylic oxidation sites excluding steroid dienone is 5. The van der Waals surface area contributed by atoms with E-state index in [2.05, 4.69) is 18.5 Å². The Morgan fingerprint density at radius 2 is 1.77 bits per heavy atom. The average Bonchev–Trinajstić information content (AvgIpc) is 2.61. The van der Waals surface area contributed by atoms with Gasteiger partial charge in [-0.25, -0.2) is 0 Å². The van der Waals surface area contributed by atoms with Gasteiger partial charge in [0, 0.05) is 17.5 Å². The SMILES string of the molecule is C=C(CCCC(=C)/C(=C1/C=C(C(F)(F)F)C=CN1)c1ccccc1C)CC(C)(C)O. The van der Waals surface area contributed by atoms with Gasteiger partial charge in [-0.15, -0.1) is 0 Å². The first kappa shape index (κ1) is 23.7. The smallest absolute Gasteiger partial charge is 0.390 e. The zero-order chi connectivity index (χ0) is 22.5. The van der Waals surface area contributed by atoms with E-state index in [0.29, 0.717) is 24.1 Å². The molecule has 0 amide bonds. The van der Waals surface area contributed by atoms with Crippen molar-refractivity contribution in [2.45, 2.75) is 58.2 Å². The summed E-state index contributed by atoms with van der Waals surface area (Å²) in [7, 11) is 0. The molecular weight excluding hydrogens is 387 g/mol. The monoisotopic (exact) mass is 417 g/mol. The van der Waals surface area contributed by atoms with Crippen LogP contribution < -0.4 is 5.32 Å². The molecule has 5 heteroatoms. The number of dihydropyridines is 1. The molecule has 1 aromatic rings. The maximum Gasteiger partial charge on any atom is 0.416 e. The Kier molecular flexibility index (Phi) is 7.54. The third-order valence-electron chi connectivity index (χ3n) is 4.86. The van der Waals surface area contributed by atoms with Crippen molar-refractivity contribution >= 4 is 5.57 Å². The number of hydrogen-bond donors (Lipinski definition) is 2. The van der Waals surface area contributed by atoms with Gasteiger partial charge < -0.3 is 10.4 Å². The highest BCUT2D eigenvalue weighted by molar-refractivity contribution is 5.84. The second kappa shape index (κ2) is 9.52. The van der Waals surface area contributed by atoms with Gasteiger partial charge in [0.05, 0.1) is 11.2 Å². The first-order chi connectivity index (χ1) is 13.9. The summed E-state index contributed by atoms with van der Waals surface area (Å²) in [5.41, 5.74) is 3.09. The van der Waals surface area contributed by atoms with Crippen LogP contribution in [0.5, 0.6) is 0 Å². The molecule has 0 saturated heterocycles. The van der Waals surface area contributed by atoms with E-state index in [1.807, 2.05) is 31.2 Å². The van der Waals surface area contributed by atoms with E-state index in [4.69, 9.17) is 0 Å². The molecule has 162 valence electrons. The van der Waals surface area contributed by atoms with Gasteiger partial charge in [-0.3, -0.25) is 0 Å². The highest BCUT2D eigenvalue weighted by Gasteiger charge is 2.33. The number of rotatable bonds is 8. The number of benzene rings is 1. The van der Waals surface area contributed by atoms with Gasteiger partial charge in [-0.2, -0.15) is 13.2 Å². The summed E-state index contributed by atoms with van der Waals surface area (Å²) in [6, 6.07) is 7.60. The van der Waals surface area contributed by atoms with Crippen molar-refractivity contribution in [1.29, 1.82) is 0 Å². The lowest BCUT2D eigenvalue weighted by molar-refractivity contribution is -0.0884. The van der Waals surface area contributed by atoms with Crippen LogP contribution >= 0.6 is 0 Å². The van der Waals surface area contributed by atoms with Gasteiger partial charge in [0.1, 0.15) is 0 Å². The Labute approximate surface area is 177 Å². The van der Waals surface area contributed by atoms with Crippen molar-refractivity contribution in [2.75, 3.05) is 0 Å². The van der Waals surface area contributed by atoms with Crippen molar-refractivity contribution in [1.82, 2.24) is 5.32 Å². The first-order valence-electron chi connectivity index (χ1n) is 9.98. The van der Waals surface area contributed by atoms with Crippen LogP contribution in [0.25, 0.3) is 5.57 Å². The fraction of sp³-hybridized carbons (Fsp3) is 0.360. The summed E-state index contributed by atoms with van der Waals surface area (Å²) < 4.78 is 39.8. The lowest BCUT2D eigenvalue weighted by Crippen LogP contribution is -2.19. The van der Waals surface area contributed by atoms with Crippen molar-refractivity contribution in [2.24, 2.45) is 0 Å². The predicted molar refractivity (Wildman–Crippen MR) is 118 cm³/mol. The number of aryl methyl sites for hydroxylation is 1. The first-order valence-corrected chi connectivity index (χ1v) is 9.98. The molecule has 2 N–H and O–H groups in total. The lowest BCUT2D eigenvalue weighted by Gasteiger charge is -2.22. The molecule has 0 fully saturated rings. The quantitative estimate of drug-likeness (QED) is 0.458. The molecule has 1 aliphatic rings. The van der Waals surface area contributed by atoms with Crippen LogP contribution in [0, 0.1) is 6.92 Å². The van der Waals surface area contributed by atoms with Crippen LogP contribution in [-0.2, 0) is 0 Å². The van der Waals surface area contributed by atoms with Crippen molar-refractivity contribution in [3.05, 3.63) is 89.3 Å². The van der Waals surface area contributed by atoms with Crippen LogP contribution in [0.4, 0.5) is 13.2 Å². The molecule has 0 aliphatic carbocycles. The number of alkyl halides is 3. The second-order valence-electron chi connectivity index (χ2n) is 8.38. The van der Waals surface area contributed by atoms with Crippen molar-refractivity contribution in [3.63, 3.8) is 0 Å². The van der Waals surface area contributed by atoms with Crippen molar-refractivity contribution < 1.29 is 18.3 Å². The topological polar surface area (TPSA) is 32.3 Å². The van der Waals surface area contributed by atoms with E-state index in [0.717, 1.165) is 47.3 Å². The predicted octanol–water partition coefficient (Wildman–Crippen LogP) is 6.76. The molecule has 0 saturated carbocycles. The second-order valence-corrected chi connectivity index (χ2v) is 8.38. The van der Waals surface area contributed by atoms with Gasteiger partial charge in [0.15, 0.2) is 0 Å². The molecule has 0 atom stereocenters. The fourth-order valence-corrected chi connectivity index (χ4v) is 3.54. The van der Waals surface area contributed by atoms with Crippen LogP contribution in [0.3, 0.4) is 0 Å². The Hall–Kier alpha value is -2.53. The molecule has 0 bridgehead atoms. The number of aliphatic hydroxyl groups is 1. The van der Waals surface area contributed by atoms with E-state index in [1.165, 1.54) is 6.20 Å². The Bertz CT molecular complexity index is 896. The fourth-order valence-electron chi connectivity index (χ4n) is 3.54. The minimum Gasteiger partial charge on any atom is -0.390 e. The normalized spacial score (nSPS) is 16.0. The van der Waals surface area contributed by atoms with Crippen LogP contribution in [0.1, 0.15) is 50.7 Å². The minimum absolute atomic E-state index is 0.388. The van der Waals surface area contributed by atoms with E-state index in [9.17, 15) is 18.3 Å². The molecule has 1 aliphatic heterocycles. The van der Waals surface area contributed by atoms with Gasteiger partial charge in [0.2, 0.25) is 0 Å². The summed E-state index contributed by atoms with van der Waals surface area (Å²) in [4.78, 5) is 0. The standard InChI is InChI=1S/C25H30F3NO/c1-17(16-24(4,5)30)9-8-11-19(3)23(21-12-7-6-10-18(21)2)22-15-20(13-14-29-22)25(26,27)28/h6-7,10,12-15,29-30H,1,3,8-9,11,16H2,2,4-5H3/b23-22+. The summed E-state index contributed by atoms with van der Waals surface area (Å²) in [6.45, 7) is 13.6. The van der Waals surface area contributed by atoms with Crippen molar-refractivity contribution in [3.8, 4) is 0 Å². The zero-order valence-electron chi connectivity index (χ0n) is 17.9. The third kappa shape index (κ3) is 6.77. The van der Waals surface area contributed by atoms with Gasteiger partial charge in [0.25, 0.3) is 0 Å². The van der Waals surface area contributed by atoms with E-state index in [1.54, 1.807) is 13.8 Å². The van der Waals surface area contributed by atoms with Gasteiger partial charge >= 0.3 is 6.18 Å². The highest BCUT2D eigenvalue weighted by atomic mass is 19.4. The molecule has 1 aromatic carbocycles. The minimum atomic E-state index is -4.42. The summed E-state index contributed by atoms with van der Waals surface area (Å²) in [5.74, 6) is 0. The maximum absolute atomic E-state index is 13.3. The summed E-state index contributed by atoms with van der Waals surface area (Å²) in [5, 5.41) is 12.9. The number of halogens is 3. The Morgan fingerprint density at radius 1 is 1.10 bits per heavy atom. The van der Waals surface area contributed by atoms with Crippen LogP contribution in [-0.4, -0.2) is 16.9 Å². The largest absolute Gasteiger partial charge is 0.416 e. The molecule has 0 aromatic heterocycles. The summed E-state index contributed by atoms with van der Waals surface area (Å²) in [6.07, 6.45) is 1.65. The Morgan fingerprint density at radius 3 is 2.37 bits per heavy atom. The molecule has 0 unspecified atom stereocenters. The molecule has 1 heterocycles. The van der Waals surface area contributed by atoms with E-state index >= 15 is 0 Å². The third-order valence-corrected chi connectivity index (χ3v) is 4.86. The van der Waals surface area contributed by atoms with Gasteiger partial charge in [-0.1, -0.05) is 43.0 Å². The van der Waals surface area contributed by atoms with E-state index < -0.39 is 17.4 Å². The van der Waals surface area contributed by atoms with Crippen LogP contribution in [0.2, 0.25) is 0 Å². The Balaban J connectivity index is 2.31. The van der Waals surface area contributed by atoms with Crippen LogP contribution in [0.15, 0.2) is 78.2 Å². The number of hydrogen-bond acceptors (Lipinski definition) is 2. The van der Waals surface area contributed by atoms with E-state index in [-0.39, 0.29) is 0 Å². The summed E-state index contributed by atoms with van der Waals surface area (Å²) >= 11 is 0.